The number of anilines is 1. The minimum Gasteiger partial charge on any atom is -0.396 e. The van der Waals surface area contributed by atoms with Crippen LogP contribution in [-0.2, 0) is 0 Å². The first-order valence-corrected chi connectivity index (χ1v) is 5.91. The summed E-state index contributed by atoms with van der Waals surface area (Å²) in [5.74, 6) is 0.406. The monoisotopic (exact) mass is 249 g/mol. The minimum absolute atomic E-state index is 0.0450. The lowest BCUT2D eigenvalue weighted by atomic mass is 9.70. The zero-order valence-corrected chi connectivity index (χ0v) is 9.77. The lowest BCUT2D eigenvalue weighted by Gasteiger charge is -2.43. The van der Waals surface area contributed by atoms with Gasteiger partial charge < -0.3 is 20.5 Å². The van der Waals surface area contributed by atoms with Crippen molar-refractivity contribution < 1.29 is 10.2 Å². The molecule has 7 heteroatoms. The molecule has 3 rings (SSSR count). The van der Waals surface area contributed by atoms with Gasteiger partial charge in [0, 0.05) is 25.2 Å². The third-order valence-corrected chi connectivity index (χ3v) is 3.78. The van der Waals surface area contributed by atoms with E-state index in [9.17, 15) is 10.2 Å². The van der Waals surface area contributed by atoms with Crippen molar-refractivity contribution in [2.45, 2.75) is 12.5 Å². The highest BCUT2D eigenvalue weighted by molar-refractivity contribution is 5.70. The molecule has 1 aliphatic rings. The summed E-state index contributed by atoms with van der Waals surface area (Å²) >= 11 is 0. The van der Waals surface area contributed by atoms with Gasteiger partial charge in [0.1, 0.15) is 5.52 Å². The van der Waals surface area contributed by atoms with Crippen molar-refractivity contribution in [2.75, 3.05) is 18.9 Å². The number of nitrogens with zero attached hydrogens (tertiary/aromatic N) is 4. The number of nitrogen functional groups attached to an aromatic ring is 1. The Balaban J connectivity index is 1.98. The number of aliphatic hydroxyl groups is 2. The highest BCUT2D eigenvalue weighted by Gasteiger charge is 2.41. The van der Waals surface area contributed by atoms with E-state index in [1.165, 1.54) is 0 Å². The molecule has 1 aliphatic carbocycles. The van der Waals surface area contributed by atoms with Crippen LogP contribution in [0.1, 0.15) is 12.5 Å². The Labute approximate surface area is 103 Å². The van der Waals surface area contributed by atoms with E-state index < -0.39 is 0 Å². The highest BCUT2D eigenvalue weighted by atomic mass is 16.3. The molecule has 7 nitrogen and oxygen atoms in total. The van der Waals surface area contributed by atoms with Crippen molar-refractivity contribution in [3.8, 4) is 0 Å². The molecule has 0 radical (unpaired) electrons. The maximum Gasteiger partial charge on any atom is 0.222 e. The molecule has 1 saturated carbocycles. The smallest absolute Gasteiger partial charge is 0.222 e. The van der Waals surface area contributed by atoms with E-state index in [-0.39, 0.29) is 37.0 Å². The van der Waals surface area contributed by atoms with Crippen LogP contribution in [0.3, 0.4) is 0 Å². The molecule has 0 aliphatic heterocycles. The van der Waals surface area contributed by atoms with Gasteiger partial charge >= 0.3 is 0 Å². The van der Waals surface area contributed by atoms with Gasteiger partial charge in [0.05, 0.1) is 12.5 Å². The van der Waals surface area contributed by atoms with E-state index >= 15 is 0 Å². The maximum atomic E-state index is 9.38. The molecule has 18 heavy (non-hydrogen) atoms. The standard InChI is InChI=1S/C11H15N5O2/c12-11-13-2-8-10(15-11)16(5-14-8)9-1-6(3-17)7(9)4-18/h2,5-7,9,17-18H,1,3-4H2,(H2,12,13,15)/t6-,7+,9-/m0/s1. The molecular formula is C11H15N5O2. The average molecular weight is 249 g/mol. The second-order valence-corrected chi connectivity index (χ2v) is 4.68. The van der Waals surface area contributed by atoms with Crippen LogP contribution in [0.2, 0.25) is 0 Å². The van der Waals surface area contributed by atoms with Crippen LogP contribution in [0.4, 0.5) is 5.95 Å². The molecule has 0 spiro atoms. The average Bonchev–Trinajstić information content (AvgIpc) is 2.72. The lowest BCUT2D eigenvalue weighted by molar-refractivity contribution is -0.00528. The molecule has 3 atom stereocenters. The Hall–Kier alpha value is -1.73. The highest BCUT2D eigenvalue weighted by Crippen LogP contribution is 2.44. The van der Waals surface area contributed by atoms with Crippen molar-refractivity contribution in [2.24, 2.45) is 11.8 Å². The van der Waals surface area contributed by atoms with E-state index in [2.05, 4.69) is 15.0 Å². The predicted octanol–water partition coefficient (Wildman–Crippen LogP) is -0.430. The van der Waals surface area contributed by atoms with E-state index in [0.29, 0.717) is 11.2 Å². The summed E-state index contributed by atoms with van der Waals surface area (Å²) < 4.78 is 1.92. The Kier molecular flexibility index (Phi) is 2.64. The summed E-state index contributed by atoms with van der Waals surface area (Å²) in [4.78, 5) is 12.3. The SMILES string of the molecule is Nc1ncc2ncn([C@H]3C[C@@H](CO)[C@H]3CO)c2n1. The van der Waals surface area contributed by atoms with Crippen molar-refractivity contribution >= 4 is 17.1 Å². The van der Waals surface area contributed by atoms with Gasteiger partial charge in [0.25, 0.3) is 0 Å². The molecule has 96 valence electrons. The first kappa shape index (κ1) is 11.4. The molecule has 0 unspecified atom stereocenters. The molecule has 4 N–H and O–H groups in total. The van der Waals surface area contributed by atoms with Gasteiger partial charge in [-0.1, -0.05) is 0 Å². The number of nitrogens with two attached hydrogens (primary N) is 1. The molecule has 2 aromatic rings. The number of aromatic nitrogens is 4. The Bertz CT molecular complexity index is 570. The first-order chi connectivity index (χ1) is 8.74. The van der Waals surface area contributed by atoms with E-state index in [1.807, 2.05) is 4.57 Å². The number of aliphatic hydroxyl groups excluding tert-OH is 2. The second-order valence-electron chi connectivity index (χ2n) is 4.68. The van der Waals surface area contributed by atoms with Crippen molar-refractivity contribution in [3.05, 3.63) is 12.5 Å². The van der Waals surface area contributed by atoms with E-state index in [4.69, 9.17) is 5.73 Å². The van der Waals surface area contributed by atoms with Crippen LogP contribution in [0.15, 0.2) is 12.5 Å². The Morgan fingerprint density at radius 3 is 2.89 bits per heavy atom. The van der Waals surface area contributed by atoms with Crippen LogP contribution in [-0.4, -0.2) is 42.9 Å². The summed E-state index contributed by atoms with van der Waals surface area (Å²) in [6.45, 7) is 0.154. The summed E-state index contributed by atoms with van der Waals surface area (Å²) in [6, 6.07) is 0.117. The normalized spacial score (nSPS) is 27.3. The van der Waals surface area contributed by atoms with Crippen molar-refractivity contribution in [3.63, 3.8) is 0 Å². The molecule has 0 aromatic carbocycles. The molecule has 0 saturated heterocycles. The number of hydrogen-bond acceptors (Lipinski definition) is 6. The minimum atomic E-state index is 0.0450. The zero-order valence-electron chi connectivity index (χ0n) is 9.77. The predicted molar refractivity (Wildman–Crippen MR) is 64.5 cm³/mol. The molecule has 0 amide bonds. The van der Waals surface area contributed by atoms with Crippen molar-refractivity contribution in [1.29, 1.82) is 0 Å². The number of imidazole rings is 1. The molecule has 1 fully saturated rings. The van der Waals surface area contributed by atoms with E-state index in [1.54, 1.807) is 12.5 Å². The molecule has 0 bridgehead atoms. The van der Waals surface area contributed by atoms with Crippen LogP contribution in [0, 0.1) is 11.8 Å². The number of fused-ring (bicyclic) bond motifs is 1. The van der Waals surface area contributed by atoms with Gasteiger partial charge in [-0.25, -0.2) is 9.97 Å². The molecule has 2 heterocycles. The maximum absolute atomic E-state index is 9.38. The Morgan fingerprint density at radius 2 is 2.17 bits per heavy atom. The molecule has 2 aromatic heterocycles. The topological polar surface area (TPSA) is 110 Å². The van der Waals surface area contributed by atoms with Crippen LogP contribution < -0.4 is 5.73 Å². The number of hydrogen-bond donors (Lipinski definition) is 3. The fourth-order valence-corrected chi connectivity index (χ4v) is 2.66. The third kappa shape index (κ3) is 1.55. The zero-order chi connectivity index (χ0) is 12.7. The van der Waals surface area contributed by atoms with Gasteiger partial charge in [-0.05, 0) is 12.3 Å². The number of rotatable bonds is 3. The van der Waals surface area contributed by atoms with Gasteiger partial charge in [-0.2, -0.15) is 4.98 Å². The summed E-state index contributed by atoms with van der Waals surface area (Å²) in [6.07, 6.45) is 4.10. The summed E-state index contributed by atoms with van der Waals surface area (Å²) in [5.41, 5.74) is 6.95. The largest absolute Gasteiger partial charge is 0.396 e. The third-order valence-electron chi connectivity index (χ3n) is 3.78. The van der Waals surface area contributed by atoms with Crippen LogP contribution in [0.25, 0.3) is 11.2 Å². The van der Waals surface area contributed by atoms with E-state index in [0.717, 1.165) is 6.42 Å². The first-order valence-electron chi connectivity index (χ1n) is 5.91. The fourth-order valence-electron chi connectivity index (χ4n) is 2.66. The Morgan fingerprint density at radius 1 is 1.33 bits per heavy atom. The summed E-state index contributed by atoms with van der Waals surface area (Å²) in [5, 5.41) is 18.6. The summed E-state index contributed by atoms with van der Waals surface area (Å²) in [7, 11) is 0. The quantitative estimate of drug-likeness (QED) is 0.681. The van der Waals surface area contributed by atoms with Gasteiger partial charge in [0.2, 0.25) is 5.95 Å². The van der Waals surface area contributed by atoms with Crippen LogP contribution in [0.5, 0.6) is 0 Å². The lowest BCUT2D eigenvalue weighted by Crippen LogP contribution is -2.42. The van der Waals surface area contributed by atoms with Crippen LogP contribution >= 0.6 is 0 Å². The van der Waals surface area contributed by atoms with Gasteiger partial charge in [0.15, 0.2) is 5.65 Å². The second kappa shape index (κ2) is 4.18. The van der Waals surface area contributed by atoms with Gasteiger partial charge in [-0.3, -0.25) is 0 Å². The van der Waals surface area contributed by atoms with Gasteiger partial charge in [-0.15, -0.1) is 0 Å². The van der Waals surface area contributed by atoms with Crippen molar-refractivity contribution in [1.82, 2.24) is 19.5 Å². The molecular weight excluding hydrogens is 234 g/mol. The fraction of sp³-hybridized carbons (Fsp3) is 0.545.